The topological polar surface area (TPSA) is 70.5 Å². The maximum atomic E-state index is 10.7. The van der Waals surface area contributed by atoms with Gasteiger partial charge in [0.1, 0.15) is 11.6 Å². The molecule has 1 aliphatic carbocycles. The number of aromatic hydroxyl groups is 1. The number of likely N-dealkylation sites (tertiary alicyclic amines) is 1. The van der Waals surface area contributed by atoms with Gasteiger partial charge in [0, 0.05) is 18.2 Å². The van der Waals surface area contributed by atoms with E-state index in [1.54, 1.807) is 0 Å². The van der Waals surface area contributed by atoms with Crippen LogP contribution >= 0.6 is 0 Å². The van der Waals surface area contributed by atoms with Crippen molar-refractivity contribution in [3.63, 3.8) is 0 Å². The molecule has 5 rings (SSSR count). The lowest BCUT2D eigenvalue weighted by Gasteiger charge is -2.42. The van der Waals surface area contributed by atoms with Crippen LogP contribution in [0.3, 0.4) is 0 Å². The smallest absolute Gasteiger partial charge is 0.149 e. The van der Waals surface area contributed by atoms with E-state index in [1.165, 1.54) is 44.1 Å². The standard InChI is InChI=1S/C25H34N4O2/c1-17-12-24(26-20-8-5-11-29(14-20)21-15-31-16-21)27-28-25(17)22-10-9-19(13-23(22)30)18-6-3-2-4-7-18/h9-10,12-13,18,20-21,30H,2-8,11,14-16H2,1H3,(H,26,27). The predicted molar refractivity (Wildman–Crippen MR) is 123 cm³/mol. The van der Waals surface area contributed by atoms with Crippen LogP contribution < -0.4 is 5.32 Å². The predicted octanol–water partition coefficient (Wildman–Crippen LogP) is 4.48. The van der Waals surface area contributed by atoms with Crippen molar-refractivity contribution in [3.8, 4) is 17.0 Å². The highest BCUT2D eigenvalue weighted by atomic mass is 16.5. The minimum Gasteiger partial charge on any atom is -0.507 e. The maximum Gasteiger partial charge on any atom is 0.149 e. The maximum absolute atomic E-state index is 10.7. The molecule has 2 aromatic rings. The molecule has 2 aliphatic heterocycles. The van der Waals surface area contributed by atoms with Crippen LogP contribution in [-0.4, -0.2) is 58.6 Å². The van der Waals surface area contributed by atoms with Gasteiger partial charge in [-0.05, 0) is 74.4 Å². The normalized spacial score (nSPS) is 23.5. The highest BCUT2D eigenvalue weighted by Gasteiger charge is 2.30. The third-order valence-electron chi connectivity index (χ3n) is 7.28. The van der Waals surface area contributed by atoms with Crippen LogP contribution in [-0.2, 0) is 4.74 Å². The van der Waals surface area contributed by atoms with Crippen molar-refractivity contribution in [1.82, 2.24) is 15.1 Å². The Balaban J connectivity index is 1.28. The van der Waals surface area contributed by atoms with Crippen LogP contribution in [0.25, 0.3) is 11.3 Å². The van der Waals surface area contributed by atoms with Crippen LogP contribution in [0.4, 0.5) is 5.82 Å². The SMILES string of the molecule is Cc1cc(NC2CCCN(C3COC3)C2)nnc1-c1ccc(C2CCCCC2)cc1O. The summed E-state index contributed by atoms with van der Waals surface area (Å²) in [6, 6.07) is 9.15. The first-order valence-electron chi connectivity index (χ1n) is 11.9. The molecule has 6 heteroatoms. The minimum absolute atomic E-state index is 0.312. The molecule has 0 amide bonds. The molecule has 6 nitrogen and oxygen atoms in total. The Morgan fingerprint density at radius 1 is 1.03 bits per heavy atom. The van der Waals surface area contributed by atoms with E-state index in [1.807, 2.05) is 19.1 Å². The van der Waals surface area contributed by atoms with Gasteiger partial charge in [0.15, 0.2) is 0 Å². The Morgan fingerprint density at radius 2 is 1.87 bits per heavy atom. The zero-order chi connectivity index (χ0) is 21.2. The minimum atomic E-state index is 0.312. The summed E-state index contributed by atoms with van der Waals surface area (Å²) < 4.78 is 5.36. The van der Waals surface area contributed by atoms with E-state index in [0.29, 0.717) is 23.8 Å². The zero-order valence-corrected chi connectivity index (χ0v) is 18.5. The number of phenols is 1. The average Bonchev–Trinajstić information content (AvgIpc) is 2.74. The van der Waals surface area contributed by atoms with Gasteiger partial charge in [-0.15, -0.1) is 10.2 Å². The largest absolute Gasteiger partial charge is 0.507 e. The van der Waals surface area contributed by atoms with E-state index >= 15 is 0 Å². The van der Waals surface area contributed by atoms with Gasteiger partial charge in [-0.1, -0.05) is 25.3 Å². The van der Waals surface area contributed by atoms with Crippen LogP contribution in [0.2, 0.25) is 0 Å². The van der Waals surface area contributed by atoms with Crippen molar-refractivity contribution >= 4 is 5.82 Å². The third-order valence-corrected chi connectivity index (χ3v) is 7.28. The molecule has 0 radical (unpaired) electrons. The summed E-state index contributed by atoms with van der Waals surface area (Å²) in [7, 11) is 0. The van der Waals surface area contributed by atoms with E-state index in [2.05, 4.69) is 32.5 Å². The molecule has 1 atom stereocenters. The monoisotopic (exact) mass is 422 g/mol. The Morgan fingerprint density at radius 3 is 2.58 bits per heavy atom. The van der Waals surface area contributed by atoms with Gasteiger partial charge in [0.25, 0.3) is 0 Å². The fourth-order valence-corrected chi connectivity index (χ4v) is 5.36. The summed E-state index contributed by atoms with van der Waals surface area (Å²) in [4.78, 5) is 2.53. The van der Waals surface area contributed by atoms with E-state index in [4.69, 9.17) is 4.74 Å². The highest BCUT2D eigenvalue weighted by Crippen LogP contribution is 2.37. The Bertz CT molecular complexity index is 908. The Labute approximate surface area is 185 Å². The zero-order valence-electron chi connectivity index (χ0n) is 18.5. The number of nitrogens with zero attached hydrogens (tertiary/aromatic N) is 3. The molecule has 3 aliphatic rings. The third kappa shape index (κ3) is 4.55. The van der Waals surface area contributed by atoms with Gasteiger partial charge in [-0.2, -0.15) is 0 Å². The first kappa shape index (κ1) is 20.7. The summed E-state index contributed by atoms with van der Waals surface area (Å²) in [5.74, 6) is 1.71. The molecule has 166 valence electrons. The van der Waals surface area contributed by atoms with Gasteiger partial charge in [0.2, 0.25) is 0 Å². The highest BCUT2D eigenvalue weighted by molar-refractivity contribution is 5.70. The van der Waals surface area contributed by atoms with Crippen molar-refractivity contribution < 1.29 is 9.84 Å². The number of aryl methyl sites for hydroxylation is 1. The number of piperidine rings is 1. The lowest BCUT2D eigenvalue weighted by molar-refractivity contribution is -0.0710. The van der Waals surface area contributed by atoms with E-state index in [9.17, 15) is 5.11 Å². The number of hydrogen-bond donors (Lipinski definition) is 2. The molecule has 1 aromatic heterocycles. The number of benzene rings is 1. The fourth-order valence-electron chi connectivity index (χ4n) is 5.36. The van der Waals surface area contributed by atoms with Crippen LogP contribution in [0.15, 0.2) is 24.3 Å². The van der Waals surface area contributed by atoms with Gasteiger partial charge >= 0.3 is 0 Å². The van der Waals surface area contributed by atoms with Gasteiger partial charge in [-0.25, -0.2) is 0 Å². The molecule has 31 heavy (non-hydrogen) atoms. The number of hydrogen-bond acceptors (Lipinski definition) is 6. The fraction of sp³-hybridized carbons (Fsp3) is 0.600. The second-order valence-corrected chi connectivity index (χ2v) is 9.54. The van der Waals surface area contributed by atoms with E-state index in [-0.39, 0.29) is 0 Å². The number of phenolic OH excluding ortho intramolecular Hbond substituents is 1. The van der Waals surface area contributed by atoms with Crippen LogP contribution in [0.5, 0.6) is 5.75 Å². The lowest BCUT2D eigenvalue weighted by atomic mass is 9.83. The molecule has 0 bridgehead atoms. The van der Waals surface area contributed by atoms with Gasteiger partial charge in [0.05, 0.1) is 24.9 Å². The number of rotatable bonds is 5. The average molecular weight is 423 g/mol. The summed E-state index contributed by atoms with van der Waals surface area (Å²) in [6.07, 6.45) is 8.72. The molecular weight excluding hydrogens is 388 g/mol. The first-order valence-corrected chi connectivity index (χ1v) is 11.9. The lowest BCUT2D eigenvalue weighted by Crippen LogP contribution is -2.54. The Hall–Kier alpha value is -2.18. The van der Waals surface area contributed by atoms with Crippen molar-refractivity contribution in [2.45, 2.75) is 69.9 Å². The summed E-state index contributed by atoms with van der Waals surface area (Å²) in [5.41, 5.74) is 3.81. The molecule has 3 fully saturated rings. The molecule has 1 unspecified atom stereocenters. The van der Waals surface area contributed by atoms with Crippen molar-refractivity contribution in [2.24, 2.45) is 0 Å². The van der Waals surface area contributed by atoms with E-state index in [0.717, 1.165) is 55.4 Å². The molecule has 1 saturated carbocycles. The molecule has 2 N–H and O–H groups in total. The number of anilines is 1. The van der Waals surface area contributed by atoms with Gasteiger partial charge in [-0.3, -0.25) is 4.90 Å². The van der Waals surface area contributed by atoms with Crippen molar-refractivity contribution in [3.05, 3.63) is 35.4 Å². The molecule has 2 saturated heterocycles. The molecular formula is C25H34N4O2. The quantitative estimate of drug-likeness (QED) is 0.740. The Kier molecular flexibility index (Phi) is 6.10. The second-order valence-electron chi connectivity index (χ2n) is 9.54. The second kappa shape index (κ2) is 9.13. The van der Waals surface area contributed by atoms with Crippen LogP contribution in [0, 0.1) is 6.92 Å². The first-order chi connectivity index (χ1) is 15.2. The van der Waals surface area contributed by atoms with Crippen LogP contribution in [0.1, 0.15) is 62.0 Å². The van der Waals surface area contributed by atoms with Crippen molar-refractivity contribution in [1.29, 1.82) is 0 Å². The molecule has 1 aromatic carbocycles. The summed E-state index contributed by atoms with van der Waals surface area (Å²) >= 11 is 0. The number of aromatic nitrogens is 2. The number of ether oxygens (including phenoxy) is 1. The molecule has 0 spiro atoms. The van der Waals surface area contributed by atoms with Crippen molar-refractivity contribution in [2.75, 3.05) is 31.6 Å². The molecule has 3 heterocycles. The number of nitrogens with one attached hydrogen (secondary N) is 1. The summed E-state index contributed by atoms with van der Waals surface area (Å²) in [5, 5.41) is 23.3. The van der Waals surface area contributed by atoms with E-state index < -0.39 is 0 Å². The summed E-state index contributed by atoms with van der Waals surface area (Å²) in [6.45, 7) is 5.96. The van der Waals surface area contributed by atoms with Gasteiger partial charge < -0.3 is 15.2 Å².